The lowest BCUT2D eigenvalue weighted by Crippen LogP contribution is -2.38. The van der Waals surface area contributed by atoms with Crippen LogP contribution in [0.1, 0.15) is 18.0 Å². The molecular weight excluding hydrogens is 256 g/mol. The van der Waals surface area contributed by atoms with Crippen LogP contribution in [0.4, 0.5) is 0 Å². The van der Waals surface area contributed by atoms with Crippen LogP contribution in [0.3, 0.4) is 0 Å². The zero-order chi connectivity index (χ0) is 13.8. The molecule has 1 rings (SSSR count). The Kier molecular flexibility index (Phi) is 4.83. The number of carboxylic acids is 1. The molecular formula is C11H16N2O4S. The van der Waals surface area contributed by atoms with Crippen molar-refractivity contribution in [3.05, 3.63) is 35.9 Å². The Balaban J connectivity index is 2.97. The largest absolute Gasteiger partial charge is 0.481 e. The van der Waals surface area contributed by atoms with Gasteiger partial charge in [0.1, 0.15) is 0 Å². The number of rotatable bonds is 6. The molecule has 0 bridgehead atoms. The first-order valence-electron chi connectivity index (χ1n) is 5.29. The lowest BCUT2D eigenvalue weighted by atomic mass is 10.1. The lowest BCUT2D eigenvalue weighted by Gasteiger charge is -2.20. The van der Waals surface area contributed by atoms with Gasteiger partial charge in [0.05, 0.1) is 12.5 Å². The zero-order valence-corrected chi connectivity index (χ0v) is 11.0. The molecule has 0 fully saturated rings. The van der Waals surface area contributed by atoms with Gasteiger partial charge in [-0.1, -0.05) is 30.3 Å². The molecule has 0 aliphatic carbocycles. The van der Waals surface area contributed by atoms with Crippen molar-refractivity contribution in [1.29, 1.82) is 0 Å². The molecule has 7 heteroatoms. The highest BCUT2D eigenvalue weighted by Gasteiger charge is 2.23. The number of aliphatic carboxylic acids is 1. The van der Waals surface area contributed by atoms with Crippen molar-refractivity contribution in [2.24, 2.45) is 0 Å². The molecule has 0 radical (unpaired) electrons. The van der Waals surface area contributed by atoms with Gasteiger partial charge in [0.15, 0.2) is 0 Å². The highest BCUT2D eigenvalue weighted by molar-refractivity contribution is 7.87. The Bertz CT molecular complexity index is 499. The van der Waals surface area contributed by atoms with E-state index in [9.17, 15) is 13.2 Å². The molecule has 0 spiro atoms. The maximum Gasteiger partial charge on any atom is 0.305 e. The molecule has 2 N–H and O–H groups in total. The molecule has 0 saturated heterocycles. The number of hydrogen-bond donors (Lipinski definition) is 2. The van der Waals surface area contributed by atoms with Crippen LogP contribution in [-0.2, 0) is 15.0 Å². The third kappa shape index (κ3) is 4.10. The van der Waals surface area contributed by atoms with Crippen molar-refractivity contribution in [2.75, 3.05) is 14.1 Å². The number of nitrogens with one attached hydrogen (secondary N) is 1. The van der Waals surface area contributed by atoms with Gasteiger partial charge in [0.2, 0.25) is 0 Å². The molecule has 1 aromatic carbocycles. The molecule has 1 atom stereocenters. The fourth-order valence-electron chi connectivity index (χ4n) is 1.37. The van der Waals surface area contributed by atoms with Gasteiger partial charge >= 0.3 is 5.97 Å². The van der Waals surface area contributed by atoms with Gasteiger partial charge in [0.25, 0.3) is 10.2 Å². The highest BCUT2D eigenvalue weighted by atomic mass is 32.2. The van der Waals surface area contributed by atoms with Crippen LogP contribution in [0.5, 0.6) is 0 Å². The van der Waals surface area contributed by atoms with E-state index in [4.69, 9.17) is 5.11 Å². The Morgan fingerprint density at radius 1 is 1.33 bits per heavy atom. The van der Waals surface area contributed by atoms with Gasteiger partial charge in [0, 0.05) is 14.1 Å². The molecule has 0 aliphatic heterocycles. The maximum absolute atomic E-state index is 11.7. The van der Waals surface area contributed by atoms with Crippen molar-refractivity contribution >= 4 is 16.2 Å². The van der Waals surface area contributed by atoms with Crippen LogP contribution in [0, 0.1) is 0 Å². The van der Waals surface area contributed by atoms with Crippen LogP contribution in [-0.4, -0.2) is 37.9 Å². The smallest absolute Gasteiger partial charge is 0.305 e. The van der Waals surface area contributed by atoms with Gasteiger partial charge in [-0.15, -0.1) is 0 Å². The summed E-state index contributed by atoms with van der Waals surface area (Å²) >= 11 is 0. The van der Waals surface area contributed by atoms with Crippen LogP contribution in [0.25, 0.3) is 0 Å². The Morgan fingerprint density at radius 2 is 1.89 bits per heavy atom. The zero-order valence-electron chi connectivity index (χ0n) is 10.2. The maximum atomic E-state index is 11.7. The van der Waals surface area contributed by atoms with E-state index in [2.05, 4.69) is 4.72 Å². The van der Waals surface area contributed by atoms with Gasteiger partial charge in [-0.05, 0) is 5.56 Å². The topological polar surface area (TPSA) is 86.7 Å². The van der Waals surface area contributed by atoms with Crippen molar-refractivity contribution in [1.82, 2.24) is 9.03 Å². The average molecular weight is 272 g/mol. The first-order chi connectivity index (χ1) is 8.33. The van der Waals surface area contributed by atoms with E-state index in [1.54, 1.807) is 30.3 Å². The molecule has 0 saturated carbocycles. The number of benzene rings is 1. The number of carbonyl (C=O) groups is 1. The molecule has 18 heavy (non-hydrogen) atoms. The summed E-state index contributed by atoms with van der Waals surface area (Å²) in [6.07, 6.45) is -0.308. The standard InChI is InChI=1S/C11H16N2O4S/c1-13(2)18(16,17)12-10(8-11(14)15)9-6-4-3-5-7-9/h3-7,10,12H,8H2,1-2H3,(H,14,15). The predicted molar refractivity (Wildman–Crippen MR) is 67.2 cm³/mol. The third-order valence-corrected chi connectivity index (χ3v) is 3.90. The Labute approximate surface area is 106 Å². The summed E-state index contributed by atoms with van der Waals surface area (Å²) in [7, 11) is -0.911. The summed E-state index contributed by atoms with van der Waals surface area (Å²) in [6.45, 7) is 0. The van der Waals surface area contributed by atoms with Gasteiger partial charge < -0.3 is 5.11 Å². The van der Waals surface area contributed by atoms with Crippen molar-refractivity contribution < 1.29 is 18.3 Å². The predicted octanol–water partition coefficient (Wildman–Crippen LogP) is 0.598. The summed E-state index contributed by atoms with van der Waals surface area (Å²) in [4.78, 5) is 10.8. The normalized spacial score (nSPS) is 13.5. The summed E-state index contributed by atoms with van der Waals surface area (Å²) in [6, 6.07) is 7.83. The Hall–Kier alpha value is -1.44. The number of nitrogens with zero attached hydrogens (tertiary/aromatic N) is 1. The van der Waals surface area contributed by atoms with E-state index in [0.717, 1.165) is 4.31 Å². The summed E-state index contributed by atoms with van der Waals surface area (Å²) < 4.78 is 26.8. The fourth-order valence-corrected chi connectivity index (χ4v) is 2.16. The van der Waals surface area contributed by atoms with Crippen molar-refractivity contribution in [3.63, 3.8) is 0 Å². The van der Waals surface area contributed by atoms with Crippen LogP contribution < -0.4 is 4.72 Å². The minimum Gasteiger partial charge on any atom is -0.481 e. The molecule has 100 valence electrons. The quantitative estimate of drug-likeness (QED) is 0.794. The second-order valence-corrected chi connectivity index (χ2v) is 5.88. The monoisotopic (exact) mass is 272 g/mol. The third-order valence-electron chi connectivity index (χ3n) is 2.35. The van der Waals surface area contributed by atoms with E-state index in [0.29, 0.717) is 5.56 Å². The lowest BCUT2D eigenvalue weighted by molar-refractivity contribution is -0.137. The van der Waals surface area contributed by atoms with Gasteiger partial charge in [-0.25, -0.2) is 0 Å². The number of carboxylic acid groups (broad SMARTS) is 1. The van der Waals surface area contributed by atoms with E-state index in [-0.39, 0.29) is 6.42 Å². The second kappa shape index (κ2) is 5.94. The molecule has 6 nitrogen and oxygen atoms in total. The Morgan fingerprint density at radius 3 is 2.33 bits per heavy atom. The first kappa shape index (κ1) is 14.6. The molecule has 0 aliphatic rings. The first-order valence-corrected chi connectivity index (χ1v) is 6.73. The van der Waals surface area contributed by atoms with Crippen LogP contribution in [0.2, 0.25) is 0 Å². The van der Waals surface area contributed by atoms with E-state index in [1.165, 1.54) is 14.1 Å². The molecule has 1 aromatic rings. The van der Waals surface area contributed by atoms with Gasteiger partial charge in [-0.3, -0.25) is 4.79 Å². The molecule has 0 amide bonds. The van der Waals surface area contributed by atoms with Crippen LogP contribution in [0.15, 0.2) is 30.3 Å². The van der Waals surface area contributed by atoms with Crippen molar-refractivity contribution in [3.8, 4) is 0 Å². The minimum absolute atomic E-state index is 0.308. The van der Waals surface area contributed by atoms with E-state index < -0.39 is 22.2 Å². The van der Waals surface area contributed by atoms with Crippen LogP contribution >= 0.6 is 0 Å². The summed E-state index contributed by atoms with van der Waals surface area (Å²) in [5.41, 5.74) is 0.616. The van der Waals surface area contributed by atoms with Crippen molar-refractivity contribution in [2.45, 2.75) is 12.5 Å². The summed E-state index contributed by atoms with van der Waals surface area (Å²) in [5, 5.41) is 8.83. The van der Waals surface area contributed by atoms with E-state index >= 15 is 0 Å². The molecule has 0 aromatic heterocycles. The SMILES string of the molecule is CN(C)S(=O)(=O)NC(CC(=O)O)c1ccccc1. The van der Waals surface area contributed by atoms with Gasteiger partial charge in [-0.2, -0.15) is 17.4 Å². The van der Waals surface area contributed by atoms with E-state index in [1.807, 2.05) is 0 Å². The highest BCUT2D eigenvalue weighted by Crippen LogP contribution is 2.17. The minimum atomic E-state index is -3.67. The average Bonchev–Trinajstić information content (AvgIpc) is 2.28. The molecule has 1 unspecified atom stereocenters. The second-order valence-electron chi connectivity index (χ2n) is 3.97. The molecule has 0 heterocycles. The summed E-state index contributed by atoms with van der Waals surface area (Å²) in [5.74, 6) is -1.06. The number of hydrogen-bond acceptors (Lipinski definition) is 3. The fraction of sp³-hybridized carbons (Fsp3) is 0.364.